The van der Waals surface area contributed by atoms with Crippen LogP contribution in [0.2, 0.25) is 0 Å². The van der Waals surface area contributed by atoms with Crippen molar-refractivity contribution in [3.63, 3.8) is 0 Å². The lowest BCUT2D eigenvalue weighted by Gasteiger charge is -2.18. The Balaban J connectivity index is 4.54. The number of hydrogen-bond donors (Lipinski definition) is 0. The van der Waals surface area contributed by atoms with Gasteiger partial charge in [0.2, 0.25) is 0 Å². The van der Waals surface area contributed by atoms with Gasteiger partial charge in [-0.1, -0.05) is 201 Å². The molecule has 0 saturated carbocycles. The van der Waals surface area contributed by atoms with Crippen LogP contribution in [-0.2, 0) is 28.6 Å². The van der Waals surface area contributed by atoms with Crippen LogP contribution in [0.15, 0.2) is 109 Å². The summed E-state index contributed by atoms with van der Waals surface area (Å²) in [5.41, 5.74) is 0. The first-order valence-electron chi connectivity index (χ1n) is 27.4. The summed E-state index contributed by atoms with van der Waals surface area (Å²) in [5, 5.41) is 0. The minimum absolute atomic E-state index is 0.110. The molecule has 0 aromatic carbocycles. The molecule has 0 N–H and O–H groups in total. The van der Waals surface area contributed by atoms with Crippen molar-refractivity contribution in [3.8, 4) is 0 Å². The van der Waals surface area contributed by atoms with Gasteiger partial charge in [0.15, 0.2) is 6.10 Å². The lowest BCUT2D eigenvalue weighted by Crippen LogP contribution is -2.30. The number of carbonyl (C=O) groups is 3. The molecule has 380 valence electrons. The average molecular weight is 929 g/mol. The molecule has 67 heavy (non-hydrogen) atoms. The van der Waals surface area contributed by atoms with Crippen LogP contribution in [0.5, 0.6) is 0 Å². The van der Waals surface area contributed by atoms with E-state index in [4.69, 9.17) is 14.2 Å². The van der Waals surface area contributed by atoms with E-state index in [1.54, 1.807) is 0 Å². The topological polar surface area (TPSA) is 78.9 Å². The standard InChI is InChI=1S/C61H100O6/c1-4-7-10-13-16-19-22-25-28-29-30-31-34-37-40-43-46-49-52-55-61(64)67-58(56-65-59(62)53-50-47-44-41-38-35-32-26-23-20-17-14-11-8-5-2)57-66-60(63)54-51-48-45-42-39-36-33-27-24-21-18-15-12-9-6-3/h8,11,16-17,19-20,25-28,30-33,37-38,40-41,58H,4-7,9-10,12-15,18,21-24,29,34-36,39,42-57H2,1-3H3/b11-8-,19-16-,20-17-,28-25-,31-30-,32-26-,33-27-,40-37-,41-38-/t58-/m1/s1. The Kier molecular flexibility index (Phi) is 51.5. The largest absolute Gasteiger partial charge is 0.462 e. The lowest BCUT2D eigenvalue weighted by molar-refractivity contribution is -0.167. The molecule has 1 atom stereocenters. The lowest BCUT2D eigenvalue weighted by atomic mass is 10.1. The number of hydrogen-bond acceptors (Lipinski definition) is 6. The van der Waals surface area contributed by atoms with E-state index in [1.165, 1.54) is 77.0 Å². The van der Waals surface area contributed by atoms with E-state index in [9.17, 15) is 14.4 Å². The van der Waals surface area contributed by atoms with Crippen molar-refractivity contribution in [3.05, 3.63) is 109 Å². The van der Waals surface area contributed by atoms with Crippen molar-refractivity contribution in [1.82, 2.24) is 0 Å². The van der Waals surface area contributed by atoms with Gasteiger partial charge in [-0.2, -0.15) is 0 Å². The molecule has 0 saturated heterocycles. The maximum Gasteiger partial charge on any atom is 0.306 e. The first-order chi connectivity index (χ1) is 33.0. The maximum absolute atomic E-state index is 12.8. The van der Waals surface area contributed by atoms with Crippen LogP contribution in [0.3, 0.4) is 0 Å². The molecular weight excluding hydrogens is 829 g/mol. The minimum Gasteiger partial charge on any atom is -0.462 e. The maximum atomic E-state index is 12.8. The number of allylic oxidation sites excluding steroid dienone is 18. The Morgan fingerprint density at radius 3 is 1.00 bits per heavy atom. The zero-order chi connectivity index (χ0) is 48.6. The van der Waals surface area contributed by atoms with Crippen LogP contribution in [-0.4, -0.2) is 37.2 Å². The fourth-order valence-corrected chi connectivity index (χ4v) is 7.12. The molecule has 6 nitrogen and oxygen atoms in total. The molecule has 0 radical (unpaired) electrons. The van der Waals surface area contributed by atoms with E-state index in [0.717, 1.165) is 109 Å². The van der Waals surface area contributed by atoms with Crippen molar-refractivity contribution in [2.45, 2.75) is 245 Å². The molecule has 0 spiro atoms. The summed E-state index contributed by atoms with van der Waals surface area (Å²) in [6.07, 6.45) is 73.6. The molecule has 0 amide bonds. The third-order valence-corrected chi connectivity index (χ3v) is 11.2. The highest BCUT2D eigenvalue weighted by atomic mass is 16.6. The minimum atomic E-state index is -0.817. The van der Waals surface area contributed by atoms with Crippen LogP contribution >= 0.6 is 0 Å². The molecule has 6 heteroatoms. The van der Waals surface area contributed by atoms with Gasteiger partial charge in [0, 0.05) is 19.3 Å². The van der Waals surface area contributed by atoms with Crippen LogP contribution in [0.25, 0.3) is 0 Å². The number of ether oxygens (including phenoxy) is 3. The molecule has 0 fully saturated rings. The van der Waals surface area contributed by atoms with E-state index in [0.29, 0.717) is 25.7 Å². The van der Waals surface area contributed by atoms with Gasteiger partial charge in [-0.05, 0) is 128 Å². The smallest absolute Gasteiger partial charge is 0.306 e. The molecule has 0 bridgehead atoms. The van der Waals surface area contributed by atoms with Crippen molar-refractivity contribution < 1.29 is 28.6 Å². The molecule has 0 heterocycles. The summed E-state index contributed by atoms with van der Waals surface area (Å²) in [7, 11) is 0. The molecular formula is C61H100O6. The van der Waals surface area contributed by atoms with E-state index < -0.39 is 6.10 Å². The molecule has 0 aliphatic heterocycles. The van der Waals surface area contributed by atoms with Crippen LogP contribution in [0.1, 0.15) is 239 Å². The Morgan fingerprint density at radius 1 is 0.313 bits per heavy atom. The van der Waals surface area contributed by atoms with Crippen molar-refractivity contribution in [1.29, 1.82) is 0 Å². The van der Waals surface area contributed by atoms with Gasteiger partial charge in [0.25, 0.3) is 0 Å². The second-order valence-electron chi connectivity index (χ2n) is 17.7. The number of carbonyl (C=O) groups excluding carboxylic acids is 3. The third-order valence-electron chi connectivity index (χ3n) is 11.2. The molecule has 0 unspecified atom stereocenters. The third kappa shape index (κ3) is 52.9. The molecule has 0 aliphatic carbocycles. The summed E-state index contributed by atoms with van der Waals surface area (Å²) >= 11 is 0. The van der Waals surface area contributed by atoms with Crippen LogP contribution in [0.4, 0.5) is 0 Å². The van der Waals surface area contributed by atoms with E-state index in [-0.39, 0.29) is 37.5 Å². The Hall–Kier alpha value is -3.93. The average Bonchev–Trinajstić information content (AvgIpc) is 3.33. The van der Waals surface area contributed by atoms with Gasteiger partial charge in [-0.3, -0.25) is 14.4 Å². The molecule has 0 aromatic rings. The second kappa shape index (κ2) is 54.7. The predicted molar refractivity (Wildman–Crippen MR) is 288 cm³/mol. The van der Waals surface area contributed by atoms with Gasteiger partial charge in [-0.25, -0.2) is 0 Å². The molecule has 0 rings (SSSR count). The Morgan fingerprint density at radius 2 is 0.582 bits per heavy atom. The highest BCUT2D eigenvalue weighted by molar-refractivity contribution is 5.71. The van der Waals surface area contributed by atoms with Crippen molar-refractivity contribution in [2.24, 2.45) is 0 Å². The number of unbranched alkanes of at least 4 members (excludes halogenated alkanes) is 19. The monoisotopic (exact) mass is 929 g/mol. The Labute approximate surface area is 412 Å². The van der Waals surface area contributed by atoms with E-state index >= 15 is 0 Å². The fourth-order valence-electron chi connectivity index (χ4n) is 7.12. The second-order valence-corrected chi connectivity index (χ2v) is 17.7. The van der Waals surface area contributed by atoms with Crippen LogP contribution in [0, 0.1) is 0 Å². The highest BCUT2D eigenvalue weighted by Crippen LogP contribution is 2.13. The summed E-state index contributed by atoms with van der Waals surface area (Å²) in [6.45, 7) is 6.41. The summed E-state index contributed by atoms with van der Waals surface area (Å²) in [6, 6.07) is 0. The van der Waals surface area contributed by atoms with Gasteiger partial charge in [0.1, 0.15) is 13.2 Å². The molecule has 0 aliphatic rings. The summed E-state index contributed by atoms with van der Waals surface area (Å²) < 4.78 is 16.8. The number of rotatable bonds is 48. The zero-order valence-corrected chi connectivity index (χ0v) is 43.4. The van der Waals surface area contributed by atoms with E-state index in [2.05, 4.69) is 130 Å². The van der Waals surface area contributed by atoms with Crippen molar-refractivity contribution in [2.75, 3.05) is 13.2 Å². The van der Waals surface area contributed by atoms with Gasteiger partial charge >= 0.3 is 17.9 Å². The highest BCUT2D eigenvalue weighted by Gasteiger charge is 2.19. The summed E-state index contributed by atoms with van der Waals surface area (Å²) in [4.78, 5) is 38.1. The van der Waals surface area contributed by atoms with Gasteiger partial charge in [0.05, 0.1) is 0 Å². The molecule has 0 aromatic heterocycles. The van der Waals surface area contributed by atoms with Crippen molar-refractivity contribution >= 4 is 17.9 Å². The first-order valence-corrected chi connectivity index (χ1v) is 27.4. The summed E-state index contributed by atoms with van der Waals surface area (Å²) in [5.74, 6) is -0.995. The number of esters is 3. The Bertz CT molecular complexity index is 1390. The quantitative estimate of drug-likeness (QED) is 0.0262. The predicted octanol–water partition coefficient (Wildman–Crippen LogP) is 18.3. The van der Waals surface area contributed by atoms with Crippen LogP contribution < -0.4 is 0 Å². The van der Waals surface area contributed by atoms with E-state index in [1.807, 2.05) is 0 Å². The van der Waals surface area contributed by atoms with Gasteiger partial charge in [-0.15, -0.1) is 0 Å². The normalized spacial score (nSPS) is 12.9. The fraction of sp³-hybridized carbons (Fsp3) is 0.656. The SMILES string of the molecule is CC/C=C\C/C=C\C/C=C\C/C=C\CCCCC(=O)OC[C@H](COC(=O)CCCCCCC/C=C\CCCCCCCC)OC(=O)CCCCC/C=C\C/C=C\C/C=C\C/C=C\CCCCC. The van der Waals surface area contributed by atoms with Gasteiger partial charge < -0.3 is 14.2 Å². The first kappa shape index (κ1) is 63.1. The zero-order valence-electron chi connectivity index (χ0n) is 43.4.